The van der Waals surface area contributed by atoms with Crippen molar-refractivity contribution < 1.29 is 9.53 Å². The average molecular weight is 430 g/mol. The highest BCUT2D eigenvalue weighted by Crippen LogP contribution is 2.22. The zero-order chi connectivity index (χ0) is 22.2. The summed E-state index contributed by atoms with van der Waals surface area (Å²) in [5.41, 5.74) is 3.52. The number of methoxy groups -OCH3 is 1. The van der Waals surface area contributed by atoms with Gasteiger partial charge in [0.1, 0.15) is 5.75 Å². The van der Waals surface area contributed by atoms with Crippen molar-refractivity contribution in [2.75, 3.05) is 44.7 Å². The predicted molar refractivity (Wildman–Crippen MR) is 129 cm³/mol. The molecular formula is C27H31N3O2. The summed E-state index contributed by atoms with van der Waals surface area (Å²) in [4.78, 5) is 17.5. The summed E-state index contributed by atoms with van der Waals surface area (Å²) in [6, 6.07) is 28.7. The van der Waals surface area contributed by atoms with Gasteiger partial charge in [-0.05, 0) is 29.7 Å². The molecule has 0 bridgehead atoms. The Morgan fingerprint density at radius 3 is 2.28 bits per heavy atom. The molecule has 4 rings (SSSR count). The molecule has 0 saturated carbocycles. The van der Waals surface area contributed by atoms with Gasteiger partial charge in [-0.15, -0.1) is 0 Å². The largest absolute Gasteiger partial charge is 0.497 e. The van der Waals surface area contributed by atoms with Gasteiger partial charge in [0, 0.05) is 37.9 Å². The molecule has 166 valence electrons. The molecule has 0 radical (unpaired) electrons. The minimum atomic E-state index is -0.0378. The highest BCUT2D eigenvalue weighted by molar-refractivity contribution is 5.78. The maximum Gasteiger partial charge on any atom is 0.234 e. The van der Waals surface area contributed by atoms with E-state index in [1.165, 1.54) is 11.3 Å². The smallest absolute Gasteiger partial charge is 0.234 e. The molecule has 5 nitrogen and oxygen atoms in total. The number of benzene rings is 3. The Labute approximate surface area is 190 Å². The number of amides is 1. The summed E-state index contributed by atoms with van der Waals surface area (Å²) in [6.07, 6.45) is 0.778. The van der Waals surface area contributed by atoms with Crippen LogP contribution in [0.1, 0.15) is 17.2 Å². The molecule has 0 unspecified atom stereocenters. The van der Waals surface area contributed by atoms with Gasteiger partial charge in [0.15, 0.2) is 0 Å². The summed E-state index contributed by atoms with van der Waals surface area (Å²) in [6.45, 7) is 3.93. The number of hydrogen-bond donors (Lipinski definition) is 1. The van der Waals surface area contributed by atoms with E-state index in [4.69, 9.17) is 4.74 Å². The van der Waals surface area contributed by atoms with E-state index in [-0.39, 0.29) is 11.9 Å². The lowest BCUT2D eigenvalue weighted by Gasteiger charge is -2.36. The Morgan fingerprint density at radius 1 is 0.906 bits per heavy atom. The number of piperazine rings is 1. The molecular weight excluding hydrogens is 398 g/mol. The number of rotatable bonds is 8. The van der Waals surface area contributed by atoms with Gasteiger partial charge < -0.3 is 15.0 Å². The van der Waals surface area contributed by atoms with Crippen LogP contribution in [0.4, 0.5) is 5.69 Å². The van der Waals surface area contributed by atoms with Crippen LogP contribution in [0.25, 0.3) is 0 Å². The third-order valence-electron chi connectivity index (χ3n) is 5.98. The predicted octanol–water partition coefficient (Wildman–Crippen LogP) is 3.92. The number of hydrogen-bond acceptors (Lipinski definition) is 4. The molecule has 0 aliphatic carbocycles. The van der Waals surface area contributed by atoms with Gasteiger partial charge in [-0.3, -0.25) is 9.69 Å². The standard InChI is InChI=1S/C27H31N3O2/c1-32-25-14-8-13-24(20-25)30-17-15-29(16-18-30)21-27(31)28-26(23-11-6-3-7-12-23)19-22-9-4-2-5-10-22/h2-14,20,26H,15-19,21H2,1H3,(H,28,31)/t26-/m0/s1. The number of carbonyl (C=O) groups is 1. The van der Waals surface area contributed by atoms with Gasteiger partial charge in [-0.2, -0.15) is 0 Å². The number of anilines is 1. The van der Waals surface area contributed by atoms with Crippen molar-refractivity contribution in [3.8, 4) is 5.75 Å². The average Bonchev–Trinajstić information content (AvgIpc) is 2.85. The third-order valence-corrected chi connectivity index (χ3v) is 5.98. The summed E-state index contributed by atoms with van der Waals surface area (Å²) in [7, 11) is 1.69. The molecule has 1 atom stereocenters. The number of ether oxygens (including phenoxy) is 1. The molecule has 1 aliphatic rings. The van der Waals surface area contributed by atoms with Gasteiger partial charge >= 0.3 is 0 Å². The first-order valence-corrected chi connectivity index (χ1v) is 11.2. The van der Waals surface area contributed by atoms with Gasteiger partial charge in [0.05, 0.1) is 19.7 Å². The van der Waals surface area contributed by atoms with Crippen molar-refractivity contribution in [3.05, 3.63) is 96.1 Å². The highest BCUT2D eigenvalue weighted by Gasteiger charge is 2.21. The number of nitrogens with one attached hydrogen (secondary N) is 1. The first-order chi connectivity index (χ1) is 15.7. The molecule has 32 heavy (non-hydrogen) atoms. The van der Waals surface area contributed by atoms with Crippen molar-refractivity contribution >= 4 is 11.6 Å². The van der Waals surface area contributed by atoms with Crippen LogP contribution >= 0.6 is 0 Å². The summed E-state index contributed by atoms with van der Waals surface area (Å²) >= 11 is 0. The molecule has 1 aliphatic heterocycles. The third kappa shape index (κ3) is 5.89. The van der Waals surface area contributed by atoms with E-state index < -0.39 is 0 Å². The van der Waals surface area contributed by atoms with Crippen LogP contribution in [-0.4, -0.2) is 50.6 Å². The van der Waals surface area contributed by atoms with Crippen LogP contribution < -0.4 is 15.0 Å². The Kier molecular flexibility index (Phi) is 7.41. The monoisotopic (exact) mass is 429 g/mol. The van der Waals surface area contributed by atoms with Crippen molar-refractivity contribution in [3.63, 3.8) is 0 Å². The minimum absolute atomic E-state index is 0.0378. The van der Waals surface area contributed by atoms with Gasteiger partial charge in [-0.1, -0.05) is 66.7 Å². The quantitative estimate of drug-likeness (QED) is 0.590. The van der Waals surface area contributed by atoms with Gasteiger partial charge in [0.2, 0.25) is 5.91 Å². The fourth-order valence-electron chi connectivity index (χ4n) is 4.20. The zero-order valence-electron chi connectivity index (χ0n) is 18.6. The van der Waals surface area contributed by atoms with Crippen molar-refractivity contribution in [2.45, 2.75) is 12.5 Å². The Bertz CT molecular complexity index is 986. The highest BCUT2D eigenvalue weighted by atomic mass is 16.5. The fourth-order valence-corrected chi connectivity index (χ4v) is 4.20. The van der Waals surface area contributed by atoms with Crippen molar-refractivity contribution in [1.82, 2.24) is 10.2 Å². The van der Waals surface area contributed by atoms with Crippen LogP contribution in [0.3, 0.4) is 0 Å². The SMILES string of the molecule is COc1cccc(N2CCN(CC(=O)N[C@@H](Cc3ccccc3)c3ccccc3)CC2)c1. The fraction of sp³-hybridized carbons (Fsp3) is 0.296. The molecule has 0 aromatic heterocycles. The Hall–Kier alpha value is -3.31. The molecule has 1 N–H and O–H groups in total. The maximum atomic E-state index is 12.9. The van der Waals surface area contributed by atoms with Crippen LogP contribution in [0.5, 0.6) is 5.75 Å². The van der Waals surface area contributed by atoms with Crippen LogP contribution in [0.15, 0.2) is 84.9 Å². The lowest BCUT2D eigenvalue weighted by atomic mass is 9.99. The van der Waals surface area contributed by atoms with E-state index in [1.807, 2.05) is 48.5 Å². The van der Waals surface area contributed by atoms with E-state index in [2.05, 4.69) is 51.5 Å². The van der Waals surface area contributed by atoms with E-state index in [1.54, 1.807) is 7.11 Å². The van der Waals surface area contributed by atoms with E-state index in [9.17, 15) is 4.79 Å². The molecule has 0 spiro atoms. The van der Waals surface area contributed by atoms with Gasteiger partial charge in [-0.25, -0.2) is 0 Å². The molecule has 1 amide bonds. The van der Waals surface area contributed by atoms with Crippen LogP contribution in [0.2, 0.25) is 0 Å². The molecule has 1 heterocycles. The number of nitrogens with zero attached hydrogens (tertiary/aromatic N) is 2. The van der Waals surface area contributed by atoms with Crippen LogP contribution in [-0.2, 0) is 11.2 Å². The van der Waals surface area contributed by atoms with Crippen LogP contribution in [0, 0.1) is 0 Å². The molecule has 1 fully saturated rings. The van der Waals surface area contributed by atoms with E-state index in [0.29, 0.717) is 6.54 Å². The van der Waals surface area contributed by atoms with Gasteiger partial charge in [0.25, 0.3) is 0 Å². The lowest BCUT2D eigenvalue weighted by molar-refractivity contribution is -0.123. The Morgan fingerprint density at radius 2 is 1.59 bits per heavy atom. The first kappa shape index (κ1) is 21.9. The minimum Gasteiger partial charge on any atom is -0.497 e. The maximum absolute atomic E-state index is 12.9. The first-order valence-electron chi connectivity index (χ1n) is 11.2. The Balaban J connectivity index is 1.33. The molecule has 3 aromatic rings. The second-order valence-electron chi connectivity index (χ2n) is 8.19. The second-order valence-corrected chi connectivity index (χ2v) is 8.19. The number of carbonyl (C=O) groups excluding carboxylic acids is 1. The van der Waals surface area contributed by atoms with Crippen molar-refractivity contribution in [2.24, 2.45) is 0 Å². The summed E-state index contributed by atoms with van der Waals surface area (Å²) < 4.78 is 5.35. The van der Waals surface area contributed by atoms with Crippen molar-refractivity contribution in [1.29, 1.82) is 0 Å². The molecule has 5 heteroatoms. The van der Waals surface area contributed by atoms with E-state index in [0.717, 1.165) is 43.9 Å². The molecule has 1 saturated heterocycles. The van der Waals surface area contributed by atoms with E-state index >= 15 is 0 Å². The summed E-state index contributed by atoms with van der Waals surface area (Å²) in [5.74, 6) is 0.944. The second kappa shape index (κ2) is 10.8. The molecule has 3 aromatic carbocycles. The topological polar surface area (TPSA) is 44.8 Å². The zero-order valence-corrected chi connectivity index (χ0v) is 18.6. The normalized spacial score (nSPS) is 15.2. The summed E-state index contributed by atoms with van der Waals surface area (Å²) in [5, 5.41) is 3.28. The lowest BCUT2D eigenvalue weighted by Crippen LogP contribution is -2.50.